The summed E-state index contributed by atoms with van der Waals surface area (Å²) in [7, 11) is 0. The number of ether oxygens (including phenoxy) is 1. The molecular weight excluding hydrogens is 468 g/mol. The Bertz CT molecular complexity index is 1250. The number of rotatable bonds is 9. The smallest absolute Gasteiger partial charge is 0.341 e. The third kappa shape index (κ3) is 6.26. The Morgan fingerprint density at radius 3 is 2.12 bits per heavy atom. The van der Waals surface area contributed by atoms with E-state index in [0.29, 0.717) is 12.2 Å². The largest absolute Gasteiger partial charge is 0.452 e. The van der Waals surface area contributed by atoms with Crippen LogP contribution in [0.2, 0.25) is 5.02 Å². The summed E-state index contributed by atoms with van der Waals surface area (Å²) in [6, 6.07) is 16.4. The minimum Gasteiger partial charge on any atom is -0.452 e. The van der Waals surface area contributed by atoms with E-state index >= 15 is 0 Å². The van der Waals surface area contributed by atoms with E-state index in [0.717, 1.165) is 23.8 Å². The van der Waals surface area contributed by atoms with Crippen LogP contribution in [-0.4, -0.2) is 28.3 Å². The third-order valence-electron chi connectivity index (χ3n) is 4.53. The summed E-state index contributed by atoms with van der Waals surface area (Å²) >= 11 is 5.93. The van der Waals surface area contributed by atoms with E-state index in [1.165, 1.54) is 18.2 Å². The molecule has 0 atom stereocenters. The number of halogens is 1. The van der Waals surface area contributed by atoms with Crippen LogP contribution in [0.25, 0.3) is 0 Å². The number of esters is 1. The van der Waals surface area contributed by atoms with Crippen LogP contribution in [0.3, 0.4) is 0 Å². The maximum absolute atomic E-state index is 12.6. The Morgan fingerprint density at radius 1 is 0.882 bits per heavy atom. The monoisotopic (exact) mass is 484 g/mol. The van der Waals surface area contributed by atoms with Gasteiger partial charge in [-0.15, -0.1) is 0 Å². The normalized spacial score (nSPS) is 10.3. The average Bonchev–Trinajstić information content (AvgIpc) is 2.82. The van der Waals surface area contributed by atoms with Crippen molar-refractivity contribution in [2.75, 3.05) is 17.2 Å². The first-order valence-corrected chi connectivity index (χ1v) is 10.1. The molecule has 0 bridgehead atoms. The van der Waals surface area contributed by atoms with Crippen LogP contribution >= 0.6 is 11.6 Å². The van der Waals surface area contributed by atoms with Crippen molar-refractivity contribution in [3.63, 3.8) is 0 Å². The van der Waals surface area contributed by atoms with Gasteiger partial charge in [0.25, 0.3) is 17.3 Å². The molecule has 3 aromatic rings. The number of nitrogens with zero attached hydrogens (tertiary/aromatic N) is 2. The maximum Gasteiger partial charge on any atom is 0.341 e. The van der Waals surface area contributed by atoms with Gasteiger partial charge in [0.15, 0.2) is 6.61 Å². The van der Waals surface area contributed by atoms with Gasteiger partial charge in [0.2, 0.25) is 0 Å². The minimum atomic E-state index is -0.954. The topological polar surface area (TPSA) is 154 Å². The number of nitro groups is 2. The lowest BCUT2D eigenvalue weighted by molar-refractivity contribution is -0.385. The Labute approximate surface area is 197 Å². The fourth-order valence-electron chi connectivity index (χ4n) is 2.88. The van der Waals surface area contributed by atoms with Gasteiger partial charge in [0.05, 0.1) is 26.1 Å². The van der Waals surface area contributed by atoms with Crippen LogP contribution in [0.4, 0.5) is 22.7 Å². The number of carbonyl (C=O) groups is 2. The molecule has 0 saturated heterocycles. The van der Waals surface area contributed by atoms with Crippen molar-refractivity contribution in [2.24, 2.45) is 0 Å². The fourth-order valence-corrected chi connectivity index (χ4v) is 3.10. The van der Waals surface area contributed by atoms with Crippen molar-refractivity contribution < 1.29 is 24.2 Å². The number of nitro benzene ring substituents is 2. The molecule has 1 amide bonds. The van der Waals surface area contributed by atoms with Crippen LogP contribution in [-0.2, 0) is 16.1 Å². The van der Waals surface area contributed by atoms with E-state index in [1.54, 1.807) is 0 Å². The summed E-state index contributed by atoms with van der Waals surface area (Å²) < 4.78 is 5.03. The number of benzene rings is 3. The first kappa shape index (κ1) is 24.1. The summed E-state index contributed by atoms with van der Waals surface area (Å²) in [5.74, 6) is -1.71. The molecule has 0 saturated carbocycles. The molecule has 11 nitrogen and oxygen atoms in total. The summed E-state index contributed by atoms with van der Waals surface area (Å²) in [5.41, 5.74) is 0.605. The predicted molar refractivity (Wildman–Crippen MR) is 124 cm³/mol. The van der Waals surface area contributed by atoms with Crippen molar-refractivity contribution in [3.05, 3.63) is 103 Å². The van der Waals surface area contributed by atoms with Crippen LogP contribution in [0, 0.1) is 20.2 Å². The molecule has 174 valence electrons. The standard InChI is InChI=1S/C22H17ClN4O7/c23-18-11-16(27(32)33)7-9-20(18)25-21(28)13-34-22(29)17-10-15(26(30)31)6-8-19(17)24-12-14-4-2-1-3-5-14/h1-11,24H,12-13H2,(H,25,28). The Hall–Kier alpha value is -4.51. The molecule has 0 fully saturated rings. The van der Waals surface area contributed by atoms with E-state index < -0.39 is 28.3 Å². The summed E-state index contributed by atoms with van der Waals surface area (Å²) in [5, 5.41) is 27.3. The summed E-state index contributed by atoms with van der Waals surface area (Å²) in [6.45, 7) is -0.370. The van der Waals surface area contributed by atoms with Crippen molar-refractivity contribution in [3.8, 4) is 0 Å². The number of amides is 1. The molecule has 0 aliphatic carbocycles. The first-order valence-electron chi connectivity index (χ1n) is 9.71. The minimum absolute atomic E-state index is 0.0695. The molecule has 34 heavy (non-hydrogen) atoms. The van der Waals surface area contributed by atoms with E-state index in [4.69, 9.17) is 16.3 Å². The molecule has 0 aliphatic rings. The molecule has 3 rings (SSSR count). The summed E-state index contributed by atoms with van der Waals surface area (Å²) in [4.78, 5) is 45.4. The van der Waals surface area contributed by atoms with E-state index in [9.17, 15) is 29.8 Å². The average molecular weight is 485 g/mol. The third-order valence-corrected chi connectivity index (χ3v) is 4.84. The number of hydrogen-bond acceptors (Lipinski definition) is 8. The van der Waals surface area contributed by atoms with Gasteiger partial charge in [-0.3, -0.25) is 25.0 Å². The quantitative estimate of drug-likeness (QED) is 0.254. The zero-order valence-electron chi connectivity index (χ0n) is 17.4. The molecule has 0 heterocycles. The molecule has 0 unspecified atom stereocenters. The van der Waals surface area contributed by atoms with Crippen molar-refractivity contribution in [1.29, 1.82) is 0 Å². The lowest BCUT2D eigenvalue weighted by Crippen LogP contribution is -2.21. The highest BCUT2D eigenvalue weighted by molar-refractivity contribution is 6.34. The van der Waals surface area contributed by atoms with Gasteiger partial charge in [0, 0.05) is 36.5 Å². The highest BCUT2D eigenvalue weighted by atomic mass is 35.5. The van der Waals surface area contributed by atoms with Gasteiger partial charge in [-0.2, -0.15) is 0 Å². The molecule has 0 aliphatic heterocycles. The number of anilines is 2. The van der Waals surface area contributed by atoms with E-state index in [1.807, 2.05) is 30.3 Å². The van der Waals surface area contributed by atoms with Gasteiger partial charge in [-0.1, -0.05) is 41.9 Å². The number of hydrogen-bond donors (Lipinski definition) is 2. The molecule has 0 radical (unpaired) electrons. The highest BCUT2D eigenvalue weighted by Crippen LogP contribution is 2.27. The fraction of sp³-hybridized carbons (Fsp3) is 0.0909. The second kappa shape index (κ2) is 10.9. The molecule has 12 heteroatoms. The first-order chi connectivity index (χ1) is 16.2. The van der Waals surface area contributed by atoms with E-state index in [-0.39, 0.29) is 27.6 Å². The van der Waals surface area contributed by atoms with Gasteiger partial charge in [0.1, 0.15) is 0 Å². The lowest BCUT2D eigenvalue weighted by atomic mass is 10.1. The van der Waals surface area contributed by atoms with Crippen molar-refractivity contribution >= 4 is 46.2 Å². The van der Waals surface area contributed by atoms with Crippen molar-refractivity contribution in [2.45, 2.75) is 6.54 Å². The van der Waals surface area contributed by atoms with Gasteiger partial charge >= 0.3 is 5.97 Å². The molecule has 2 N–H and O–H groups in total. The molecular formula is C22H17ClN4O7. The van der Waals surface area contributed by atoms with Crippen LogP contribution in [0.1, 0.15) is 15.9 Å². The second-order valence-electron chi connectivity index (χ2n) is 6.87. The van der Waals surface area contributed by atoms with Gasteiger partial charge < -0.3 is 15.4 Å². The van der Waals surface area contributed by atoms with Crippen LogP contribution in [0.15, 0.2) is 66.7 Å². The number of non-ortho nitro benzene ring substituents is 2. The zero-order valence-corrected chi connectivity index (χ0v) is 18.2. The molecule has 0 aromatic heterocycles. The predicted octanol–water partition coefficient (Wildman–Crippen LogP) is 4.56. The maximum atomic E-state index is 12.6. The highest BCUT2D eigenvalue weighted by Gasteiger charge is 2.20. The lowest BCUT2D eigenvalue weighted by Gasteiger charge is -2.12. The van der Waals surface area contributed by atoms with E-state index in [2.05, 4.69) is 10.6 Å². The summed E-state index contributed by atoms with van der Waals surface area (Å²) in [6.07, 6.45) is 0. The zero-order chi connectivity index (χ0) is 24.7. The Kier molecular flexibility index (Phi) is 7.72. The molecule has 0 spiro atoms. The number of carbonyl (C=O) groups excluding carboxylic acids is 2. The Morgan fingerprint density at radius 2 is 1.50 bits per heavy atom. The van der Waals surface area contributed by atoms with Crippen LogP contribution in [0.5, 0.6) is 0 Å². The van der Waals surface area contributed by atoms with Crippen LogP contribution < -0.4 is 10.6 Å². The second-order valence-corrected chi connectivity index (χ2v) is 7.28. The van der Waals surface area contributed by atoms with Gasteiger partial charge in [-0.05, 0) is 17.7 Å². The number of nitrogens with one attached hydrogen (secondary N) is 2. The molecule has 3 aromatic carbocycles. The SMILES string of the molecule is O=C(COC(=O)c1cc([N+](=O)[O-])ccc1NCc1ccccc1)Nc1ccc([N+](=O)[O-])cc1Cl. The Balaban J connectivity index is 1.69. The van der Waals surface area contributed by atoms with Gasteiger partial charge in [-0.25, -0.2) is 4.79 Å². The van der Waals surface area contributed by atoms with Crippen molar-refractivity contribution in [1.82, 2.24) is 0 Å².